The molecule has 1 amide bonds. The Bertz CT molecular complexity index is 1020. The number of hydrogen-bond donors (Lipinski definition) is 2. The second kappa shape index (κ2) is 25.4. The van der Waals surface area contributed by atoms with Crippen molar-refractivity contribution in [2.45, 2.75) is 104 Å². The Labute approximate surface area is 281 Å². The molecule has 3 fully saturated rings. The molecule has 2 saturated heterocycles. The first kappa shape index (κ1) is 41.3. The number of likely N-dealkylation sites (tertiary alicyclic amines) is 2. The SMILES string of the molecule is CC.CCN(C(=O)CCc1ccc(C)cc1)C1CCN(C)CC1.CN.O=CO.c1ccc([C@@H]2CCN(CC3CCCCC3)C2)cc1. The summed E-state index contributed by atoms with van der Waals surface area (Å²) in [6.45, 7) is 15.0. The third-order valence-corrected chi connectivity index (χ3v) is 9.32. The number of carbonyl (C=O) groups is 2. The number of carboxylic acid groups (broad SMARTS) is 1. The first-order chi connectivity index (χ1) is 22.4. The average Bonchev–Trinajstić information content (AvgIpc) is 3.57. The van der Waals surface area contributed by atoms with Crippen LogP contribution in [0.2, 0.25) is 0 Å². The van der Waals surface area contributed by atoms with Crippen LogP contribution in [0, 0.1) is 12.8 Å². The van der Waals surface area contributed by atoms with E-state index >= 15 is 0 Å². The molecular weight excluding hydrogens is 572 g/mol. The van der Waals surface area contributed by atoms with Gasteiger partial charge in [-0.2, -0.15) is 0 Å². The molecule has 2 aromatic carbocycles. The first-order valence-corrected chi connectivity index (χ1v) is 17.9. The predicted octanol–water partition coefficient (Wildman–Crippen LogP) is 7.23. The number of piperidine rings is 1. The highest BCUT2D eigenvalue weighted by molar-refractivity contribution is 5.76. The summed E-state index contributed by atoms with van der Waals surface area (Å²) >= 11 is 0. The highest BCUT2D eigenvalue weighted by Gasteiger charge is 2.27. The monoisotopic (exact) mass is 639 g/mol. The molecule has 46 heavy (non-hydrogen) atoms. The van der Waals surface area contributed by atoms with Gasteiger partial charge in [-0.3, -0.25) is 9.59 Å². The molecule has 260 valence electrons. The van der Waals surface area contributed by atoms with Gasteiger partial charge in [0.2, 0.25) is 5.91 Å². The molecule has 0 bridgehead atoms. The number of rotatable bonds is 8. The molecule has 0 spiro atoms. The van der Waals surface area contributed by atoms with Crippen molar-refractivity contribution in [3.63, 3.8) is 0 Å². The summed E-state index contributed by atoms with van der Waals surface area (Å²) in [6.07, 6.45) is 12.4. The lowest BCUT2D eigenvalue weighted by Crippen LogP contribution is -2.46. The van der Waals surface area contributed by atoms with Gasteiger partial charge in [-0.25, -0.2) is 0 Å². The molecule has 0 aromatic heterocycles. The lowest BCUT2D eigenvalue weighted by Gasteiger charge is -2.37. The van der Waals surface area contributed by atoms with Gasteiger partial charge in [0.25, 0.3) is 6.47 Å². The van der Waals surface area contributed by atoms with Gasteiger partial charge in [-0.15, -0.1) is 0 Å². The molecule has 1 saturated carbocycles. The van der Waals surface area contributed by atoms with Gasteiger partial charge in [0, 0.05) is 32.1 Å². The Morgan fingerprint density at radius 2 is 1.50 bits per heavy atom. The van der Waals surface area contributed by atoms with Crippen molar-refractivity contribution in [2.75, 3.05) is 53.4 Å². The molecule has 3 N–H and O–H groups in total. The van der Waals surface area contributed by atoms with E-state index in [0.717, 1.165) is 50.7 Å². The Balaban J connectivity index is 0.000000388. The van der Waals surface area contributed by atoms with E-state index in [1.807, 2.05) is 13.8 Å². The molecule has 0 unspecified atom stereocenters. The van der Waals surface area contributed by atoms with Gasteiger partial charge >= 0.3 is 0 Å². The first-order valence-electron chi connectivity index (χ1n) is 17.9. The largest absolute Gasteiger partial charge is 0.483 e. The lowest BCUT2D eigenvalue weighted by molar-refractivity contribution is -0.134. The smallest absolute Gasteiger partial charge is 0.290 e. The minimum atomic E-state index is -0.250. The zero-order valence-corrected chi connectivity index (χ0v) is 30.0. The van der Waals surface area contributed by atoms with Gasteiger partial charge in [0.05, 0.1) is 0 Å². The summed E-state index contributed by atoms with van der Waals surface area (Å²) in [6, 6.07) is 20.0. The van der Waals surface area contributed by atoms with Crippen molar-refractivity contribution in [1.82, 2.24) is 14.7 Å². The molecule has 2 aliphatic heterocycles. The van der Waals surface area contributed by atoms with Gasteiger partial charge in [-0.1, -0.05) is 93.3 Å². The van der Waals surface area contributed by atoms with E-state index in [9.17, 15) is 4.79 Å². The standard InChI is InChI=1S/C18H28N2O.C17H25N.C2H6.CH5N.CH2O2/c1-4-20(17-11-13-19(3)14-12-17)18(21)10-9-16-7-5-15(2)6-8-16;1-3-7-15(8-4-1)13-18-12-11-17(14-18)16-9-5-2-6-10-16;2*1-2;2-1-3/h5-8,17H,4,9-14H2,1-3H3;2,5-6,9-10,15,17H,1,3-4,7-8,11-14H2;1-2H3;2H2,1H3;1H,(H,2,3)/t;17-;;;/m.1.../s1. The van der Waals surface area contributed by atoms with E-state index in [0.29, 0.717) is 18.4 Å². The Kier molecular flexibility index (Phi) is 22.8. The number of hydrogen-bond acceptors (Lipinski definition) is 5. The van der Waals surface area contributed by atoms with Gasteiger partial charge < -0.3 is 25.5 Å². The van der Waals surface area contributed by atoms with Crippen LogP contribution in [0.15, 0.2) is 54.6 Å². The fourth-order valence-corrected chi connectivity index (χ4v) is 6.83. The Morgan fingerprint density at radius 1 is 0.913 bits per heavy atom. The fourth-order valence-electron chi connectivity index (χ4n) is 6.83. The van der Waals surface area contributed by atoms with Crippen LogP contribution < -0.4 is 5.73 Å². The molecule has 5 rings (SSSR count). The van der Waals surface area contributed by atoms with Crippen molar-refractivity contribution in [1.29, 1.82) is 0 Å². The van der Waals surface area contributed by atoms with E-state index in [-0.39, 0.29) is 6.47 Å². The van der Waals surface area contributed by atoms with Crippen molar-refractivity contribution in [3.05, 3.63) is 71.3 Å². The van der Waals surface area contributed by atoms with E-state index in [2.05, 4.69) is 95.9 Å². The van der Waals surface area contributed by atoms with E-state index in [1.165, 1.54) is 76.3 Å². The second-order valence-electron chi connectivity index (χ2n) is 12.5. The van der Waals surface area contributed by atoms with Crippen molar-refractivity contribution >= 4 is 12.4 Å². The predicted molar refractivity (Wildman–Crippen MR) is 194 cm³/mol. The molecule has 1 aliphatic carbocycles. The third kappa shape index (κ3) is 15.7. The zero-order valence-electron chi connectivity index (χ0n) is 30.0. The van der Waals surface area contributed by atoms with Crippen molar-refractivity contribution in [3.8, 4) is 0 Å². The summed E-state index contributed by atoms with van der Waals surface area (Å²) in [5, 5.41) is 6.89. The molecular formula is C39H66N4O3. The summed E-state index contributed by atoms with van der Waals surface area (Å²) in [4.78, 5) is 28.0. The molecule has 0 radical (unpaired) electrons. The minimum Gasteiger partial charge on any atom is -0.483 e. The molecule has 3 aliphatic rings. The summed E-state index contributed by atoms with van der Waals surface area (Å²) in [5.74, 6) is 2.09. The number of nitrogens with zero attached hydrogens (tertiary/aromatic N) is 3. The maximum atomic E-state index is 12.5. The minimum absolute atomic E-state index is 0.250. The molecule has 2 heterocycles. The number of nitrogens with two attached hydrogens (primary N) is 1. The highest BCUT2D eigenvalue weighted by Crippen LogP contribution is 2.30. The summed E-state index contributed by atoms with van der Waals surface area (Å²) in [5.41, 5.74) is 8.57. The molecule has 7 heteroatoms. The van der Waals surface area contributed by atoms with Crippen LogP contribution in [0.3, 0.4) is 0 Å². The van der Waals surface area contributed by atoms with E-state index in [1.54, 1.807) is 5.56 Å². The lowest BCUT2D eigenvalue weighted by atomic mass is 9.89. The van der Waals surface area contributed by atoms with Gasteiger partial charge in [-0.05, 0) is 109 Å². The van der Waals surface area contributed by atoms with Crippen molar-refractivity contribution in [2.24, 2.45) is 11.7 Å². The van der Waals surface area contributed by atoms with Gasteiger partial charge in [0.15, 0.2) is 0 Å². The third-order valence-electron chi connectivity index (χ3n) is 9.32. The highest BCUT2D eigenvalue weighted by atomic mass is 16.3. The summed E-state index contributed by atoms with van der Waals surface area (Å²) < 4.78 is 0. The van der Waals surface area contributed by atoms with E-state index < -0.39 is 0 Å². The number of benzene rings is 2. The Morgan fingerprint density at radius 3 is 2.07 bits per heavy atom. The fraction of sp³-hybridized carbons (Fsp3) is 0.641. The van der Waals surface area contributed by atoms with Crippen LogP contribution in [-0.2, 0) is 16.0 Å². The molecule has 2 aromatic rings. The zero-order chi connectivity index (χ0) is 34.2. The Hall–Kier alpha value is -2.74. The molecule has 7 nitrogen and oxygen atoms in total. The van der Waals surface area contributed by atoms with Crippen LogP contribution in [-0.4, -0.2) is 91.6 Å². The van der Waals surface area contributed by atoms with E-state index in [4.69, 9.17) is 9.90 Å². The van der Waals surface area contributed by atoms with Crippen LogP contribution in [0.25, 0.3) is 0 Å². The summed E-state index contributed by atoms with van der Waals surface area (Å²) in [7, 11) is 3.66. The average molecular weight is 639 g/mol. The van der Waals surface area contributed by atoms with Gasteiger partial charge in [0.1, 0.15) is 0 Å². The quantitative estimate of drug-likeness (QED) is 0.297. The topological polar surface area (TPSA) is 90.1 Å². The second-order valence-corrected chi connectivity index (χ2v) is 12.5. The van der Waals surface area contributed by atoms with Crippen LogP contribution in [0.5, 0.6) is 0 Å². The van der Waals surface area contributed by atoms with Crippen molar-refractivity contribution < 1.29 is 14.7 Å². The number of aryl methyl sites for hydroxylation is 2. The number of carbonyl (C=O) groups excluding carboxylic acids is 1. The number of amides is 1. The normalized spacial score (nSPS) is 18.6. The van der Waals surface area contributed by atoms with Crippen LogP contribution in [0.4, 0.5) is 0 Å². The maximum Gasteiger partial charge on any atom is 0.290 e. The molecule has 1 atom stereocenters. The van der Waals surface area contributed by atoms with Crippen LogP contribution >= 0.6 is 0 Å². The maximum absolute atomic E-state index is 12.5. The van der Waals surface area contributed by atoms with Crippen LogP contribution in [0.1, 0.15) is 101 Å².